The summed E-state index contributed by atoms with van der Waals surface area (Å²) < 4.78 is 5.49. The highest BCUT2D eigenvalue weighted by molar-refractivity contribution is 5.83. The van der Waals surface area contributed by atoms with E-state index in [0.717, 1.165) is 32.1 Å². The summed E-state index contributed by atoms with van der Waals surface area (Å²) in [4.78, 5) is 40.0. The number of carbonyl (C=O) groups is 2. The average molecular weight is 682 g/mol. The molecule has 10 heteroatoms. The lowest BCUT2D eigenvalue weighted by Crippen LogP contribution is -2.36. The molecule has 48 heavy (non-hydrogen) atoms. The molecule has 0 aliphatic heterocycles. The van der Waals surface area contributed by atoms with Gasteiger partial charge in [0.15, 0.2) is 5.03 Å². The molecule has 0 aromatic rings. The Hall–Kier alpha value is -2.39. The van der Waals surface area contributed by atoms with Crippen LogP contribution in [-0.2, 0) is 14.3 Å². The van der Waals surface area contributed by atoms with Crippen molar-refractivity contribution in [3.63, 3.8) is 0 Å². The van der Waals surface area contributed by atoms with Gasteiger partial charge in [0.1, 0.15) is 0 Å². The Morgan fingerprint density at radius 1 is 0.667 bits per heavy atom. The molecule has 4 N–H and O–H groups in total. The fraction of sp³-hybridized carbons (Fsp3) is 0.921. The van der Waals surface area contributed by atoms with E-state index >= 15 is 0 Å². The standard InChI is InChI=1S/C38H75N5O5/c1-3-5-7-9-11-13-15-16-17-18-19-20-22-24-26-28-33-48-36(44)34-35(30-29-32-41-38(39)42-43(46)47)37(45)40-31-27-25-23-21-14-12-10-8-6-4-2/h35H,3-34H2,1-2H3,(H,40,45)(H3,39,41,42)/t35-/m1/s1. The van der Waals surface area contributed by atoms with Crippen molar-refractivity contribution in [1.82, 2.24) is 10.7 Å². The van der Waals surface area contributed by atoms with Crippen LogP contribution in [0, 0.1) is 16.0 Å². The molecule has 1 amide bonds. The molecule has 282 valence electrons. The Kier molecular flexibility index (Phi) is 34.1. The third kappa shape index (κ3) is 33.5. The van der Waals surface area contributed by atoms with Crippen molar-refractivity contribution >= 4 is 17.8 Å². The molecule has 0 fully saturated rings. The summed E-state index contributed by atoms with van der Waals surface area (Å²) in [6.45, 7) is 5.71. The number of rotatable bonds is 36. The van der Waals surface area contributed by atoms with Gasteiger partial charge < -0.3 is 15.8 Å². The molecule has 0 aromatic carbocycles. The van der Waals surface area contributed by atoms with E-state index in [4.69, 9.17) is 10.5 Å². The number of ether oxygens (including phenoxy) is 1. The third-order valence-electron chi connectivity index (χ3n) is 9.07. The number of esters is 1. The normalized spacial score (nSPS) is 12.2. The van der Waals surface area contributed by atoms with Crippen LogP contribution in [0.25, 0.3) is 0 Å². The lowest BCUT2D eigenvalue weighted by molar-refractivity contribution is -0.525. The number of nitrogens with two attached hydrogens (primary N) is 1. The van der Waals surface area contributed by atoms with E-state index in [-0.39, 0.29) is 30.8 Å². The van der Waals surface area contributed by atoms with Crippen LogP contribution in [0.2, 0.25) is 0 Å². The Bertz CT molecular complexity index is 795. The SMILES string of the molecule is CCCCCCCCCCCCCCCCCCOC(=O)C[C@@H](CCCN=C(N)N[N+](=O)[O-])C(=O)NCCCCCCCCCCCC. The molecular formula is C38H75N5O5. The number of guanidine groups is 1. The molecule has 0 heterocycles. The summed E-state index contributed by atoms with van der Waals surface area (Å²) in [7, 11) is 0. The zero-order chi connectivity index (χ0) is 35.3. The lowest BCUT2D eigenvalue weighted by atomic mass is 9.98. The van der Waals surface area contributed by atoms with Gasteiger partial charge in [0.25, 0.3) is 5.96 Å². The molecule has 0 aromatic heterocycles. The molecule has 0 saturated heterocycles. The van der Waals surface area contributed by atoms with E-state index in [1.165, 1.54) is 135 Å². The first-order valence-corrected chi connectivity index (χ1v) is 20.0. The largest absolute Gasteiger partial charge is 0.466 e. The second kappa shape index (κ2) is 35.9. The van der Waals surface area contributed by atoms with E-state index < -0.39 is 11.0 Å². The van der Waals surface area contributed by atoms with Crippen LogP contribution in [0.4, 0.5) is 0 Å². The van der Waals surface area contributed by atoms with Gasteiger partial charge in [-0.25, -0.2) is 15.1 Å². The first-order chi connectivity index (χ1) is 23.4. The van der Waals surface area contributed by atoms with Crippen LogP contribution in [-0.4, -0.2) is 42.6 Å². The molecule has 0 rings (SSSR count). The predicted molar refractivity (Wildman–Crippen MR) is 199 cm³/mol. The fourth-order valence-electron chi connectivity index (χ4n) is 6.06. The highest BCUT2D eigenvalue weighted by Gasteiger charge is 2.22. The third-order valence-corrected chi connectivity index (χ3v) is 9.07. The van der Waals surface area contributed by atoms with Gasteiger partial charge in [-0.15, -0.1) is 0 Å². The topological polar surface area (TPSA) is 149 Å². The second-order valence-corrected chi connectivity index (χ2v) is 13.7. The monoisotopic (exact) mass is 682 g/mol. The minimum Gasteiger partial charge on any atom is -0.466 e. The van der Waals surface area contributed by atoms with Crippen molar-refractivity contribution < 1.29 is 19.4 Å². The number of nitrogens with one attached hydrogen (secondary N) is 2. The molecule has 0 aliphatic rings. The highest BCUT2D eigenvalue weighted by Crippen LogP contribution is 2.16. The quantitative estimate of drug-likeness (QED) is 0.0149. The van der Waals surface area contributed by atoms with Crippen LogP contribution < -0.4 is 16.5 Å². The number of hydrazine groups is 1. The first kappa shape index (κ1) is 45.6. The molecule has 0 spiro atoms. The van der Waals surface area contributed by atoms with Gasteiger partial charge in [0, 0.05) is 19.0 Å². The number of nitrogens with zero attached hydrogens (tertiary/aromatic N) is 2. The van der Waals surface area contributed by atoms with Crippen LogP contribution in [0.15, 0.2) is 4.99 Å². The van der Waals surface area contributed by atoms with Gasteiger partial charge in [-0.05, 0) is 25.7 Å². The lowest BCUT2D eigenvalue weighted by Gasteiger charge is -2.16. The molecular weight excluding hydrogens is 606 g/mol. The van der Waals surface area contributed by atoms with Crippen LogP contribution in [0.3, 0.4) is 0 Å². The maximum absolute atomic E-state index is 13.0. The van der Waals surface area contributed by atoms with E-state index in [1.807, 2.05) is 5.43 Å². The fourth-order valence-corrected chi connectivity index (χ4v) is 6.06. The Balaban J connectivity index is 4.16. The zero-order valence-corrected chi connectivity index (χ0v) is 31.2. The van der Waals surface area contributed by atoms with Crippen molar-refractivity contribution in [3.05, 3.63) is 10.1 Å². The summed E-state index contributed by atoms with van der Waals surface area (Å²) in [6, 6.07) is 0. The number of nitro groups is 1. The number of aliphatic imine (C=N–C) groups is 1. The Labute approximate surface area is 294 Å². The predicted octanol–water partition coefficient (Wildman–Crippen LogP) is 9.71. The maximum Gasteiger partial charge on any atom is 0.306 e. The number of hydrogen-bond donors (Lipinski definition) is 3. The summed E-state index contributed by atoms with van der Waals surface area (Å²) >= 11 is 0. The van der Waals surface area contributed by atoms with E-state index in [0.29, 0.717) is 26.0 Å². The van der Waals surface area contributed by atoms with Crippen molar-refractivity contribution in [2.24, 2.45) is 16.6 Å². The molecule has 0 unspecified atom stereocenters. The van der Waals surface area contributed by atoms with E-state index in [1.54, 1.807) is 0 Å². The number of carbonyl (C=O) groups excluding carboxylic acids is 2. The van der Waals surface area contributed by atoms with Gasteiger partial charge in [-0.3, -0.25) is 9.59 Å². The first-order valence-electron chi connectivity index (χ1n) is 20.0. The van der Waals surface area contributed by atoms with Gasteiger partial charge in [0.2, 0.25) is 5.91 Å². The average Bonchev–Trinajstić information content (AvgIpc) is 3.06. The van der Waals surface area contributed by atoms with Crippen molar-refractivity contribution in [2.75, 3.05) is 19.7 Å². The van der Waals surface area contributed by atoms with Crippen LogP contribution >= 0.6 is 0 Å². The number of hydrogen-bond acceptors (Lipinski definition) is 6. The molecule has 0 bridgehead atoms. The minimum atomic E-state index is -0.766. The summed E-state index contributed by atoms with van der Waals surface area (Å²) in [5, 5.41) is 12.7. The molecule has 0 aliphatic carbocycles. The number of amides is 1. The highest BCUT2D eigenvalue weighted by atomic mass is 16.7. The molecule has 0 radical (unpaired) electrons. The van der Waals surface area contributed by atoms with Crippen molar-refractivity contribution in [1.29, 1.82) is 0 Å². The van der Waals surface area contributed by atoms with E-state index in [2.05, 4.69) is 24.2 Å². The van der Waals surface area contributed by atoms with Gasteiger partial charge in [-0.2, -0.15) is 0 Å². The molecule has 1 atom stereocenters. The Morgan fingerprint density at radius 2 is 1.08 bits per heavy atom. The van der Waals surface area contributed by atoms with Crippen molar-refractivity contribution in [3.8, 4) is 0 Å². The number of unbranched alkanes of at least 4 members (excludes halogenated alkanes) is 24. The van der Waals surface area contributed by atoms with Crippen LogP contribution in [0.5, 0.6) is 0 Å². The van der Waals surface area contributed by atoms with Gasteiger partial charge in [0.05, 0.1) is 13.0 Å². The Morgan fingerprint density at radius 3 is 1.52 bits per heavy atom. The van der Waals surface area contributed by atoms with Gasteiger partial charge >= 0.3 is 5.97 Å². The second-order valence-electron chi connectivity index (χ2n) is 13.7. The van der Waals surface area contributed by atoms with Crippen molar-refractivity contribution in [2.45, 2.75) is 200 Å². The van der Waals surface area contributed by atoms with Gasteiger partial charge in [-0.1, -0.05) is 173 Å². The maximum atomic E-state index is 13.0. The summed E-state index contributed by atoms with van der Waals surface area (Å²) in [6.07, 6.45) is 33.9. The van der Waals surface area contributed by atoms with Crippen LogP contribution in [0.1, 0.15) is 200 Å². The van der Waals surface area contributed by atoms with E-state index in [9.17, 15) is 19.7 Å². The molecule has 10 nitrogen and oxygen atoms in total. The summed E-state index contributed by atoms with van der Waals surface area (Å²) in [5.41, 5.74) is 7.29. The summed E-state index contributed by atoms with van der Waals surface area (Å²) in [5.74, 6) is -1.30. The zero-order valence-electron chi connectivity index (χ0n) is 31.2. The molecule has 0 saturated carbocycles. The minimum absolute atomic E-state index is 0.0229. The smallest absolute Gasteiger partial charge is 0.306 e.